The quantitative estimate of drug-likeness (QED) is 0.865. The highest BCUT2D eigenvalue weighted by atomic mass is 16.5. The molecule has 8 heteroatoms. The first-order valence-electron chi connectivity index (χ1n) is 7.13. The summed E-state index contributed by atoms with van der Waals surface area (Å²) < 4.78 is 10.4. The van der Waals surface area contributed by atoms with Crippen molar-refractivity contribution in [1.29, 1.82) is 0 Å². The van der Waals surface area contributed by atoms with Gasteiger partial charge in [-0.3, -0.25) is 4.79 Å². The van der Waals surface area contributed by atoms with Gasteiger partial charge in [0.25, 0.3) is 5.91 Å². The van der Waals surface area contributed by atoms with Gasteiger partial charge >= 0.3 is 0 Å². The number of aromatic nitrogens is 3. The van der Waals surface area contributed by atoms with Crippen molar-refractivity contribution in [2.75, 3.05) is 23.8 Å². The molecule has 1 unspecified atom stereocenters. The number of nitrogens with one attached hydrogen (secondary N) is 2. The molecular formula is C14H17N5O3. The van der Waals surface area contributed by atoms with Crippen molar-refractivity contribution in [3.05, 3.63) is 29.9 Å². The Kier molecular flexibility index (Phi) is 4.29. The molecule has 0 bridgehead atoms. The molecule has 8 nitrogen and oxygen atoms in total. The lowest BCUT2D eigenvalue weighted by Crippen LogP contribution is -2.19. The molecule has 2 N–H and O–H groups in total. The Morgan fingerprint density at radius 3 is 2.91 bits per heavy atom. The van der Waals surface area contributed by atoms with Crippen LogP contribution in [0, 0.1) is 6.92 Å². The largest absolute Gasteiger partial charge is 0.376 e. The normalized spacial score (nSPS) is 17.4. The molecule has 2 aromatic rings. The molecule has 0 aliphatic carbocycles. The molecule has 22 heavy (non-hydrogen) atoms. The van der Waals surface area contributed by atoms with Crippen LogP contribution in [0.2, 0.25) is 0 Å². The van der Waals surface area contributed by atoms with Crippen molar-refractivity contribution in [1.82, 2.24) is 15.1 Å². The summed E-state index contributed by atoms with van der Waals surface area (Å²) in [6, 6.07) is 1.63. The van der Waals surface area contributed by atoms with E-state index in [2.05, 4.69) is 25.8 Å². The lowest BCUT2D eigenvalue weighted by molar-refractivity contribution is 0.102. The van der Waals surface area contributed by atoms with Gasteiger partial charge in [0.15, 0.2) is 5.82 Å². The maximum Gasteiger partial charge on any atom is 0.277 e. The van der Waals surface area contributed by atoms with Gasteiger partial charge in [0.05, 0.1) is 18.5 Å². The number of aryl methyl sites for hydroxylation is 1. The monoisotopic (exact) mass is 303 g/mol. The molecule has 1 fully saturated rings. The van der Waals surface area contributed by atoms with Crippen molar-refractivity contribution in [3.8, 4) is 0 Å². The van der Waals surface area contributed by atoms with Gasteiger partial charge in [-0.25, -0.2) is 9.97 Å². The van der Waals surface area contributed by atoms with Crippen LogP contribution in [0.5, 0.6) is 0 Å². The van der Waals surface area contributed by atoms with E-state index in [9.17, 15) is 4.79 Å². The Balaban J connectivity index is 1.54. The van der Waals surface area contributed by atoms with Crippen LogP contribution in [0.25, 0.3) is 0 Å². The number of hydrogen-bond donors (Lipinski definition) is 2. The standard InChI is InChI=1S/C14H17N5O3/c1-9-5-12(19-22-9)18-14(20)11-7-17-13(8-15-11)16-6-10-3-2-4-21-10/h5,7-8,10H,2-4,6H2,1H3,(H,16,17)(H,18,19,20). The zero-order chi connectivity index (χ0) is 15.4. The number of nitrogens with zero attached hydrogens (tertiary/aromatic N) is 3. The summed E-state index contributed by atoms with van der Waals surface area (Å²) in [5.41, 5.74) is 0.211. The van der Waals surface area contributed by atoms with E-state index in [4.69, 9.17) is 9.26 Å². The van der Waals surface area contributed by atoms with Crippen LogP contribution in [0.1, 0.15) is 29.1 Å². The minimum absolute atomic E-state index is 0.211. The maximum atomic E-state index is 12.0. The molecular weight excluding hydrogens is 286 g/mol. The first-order chi connectivity index (χ1) is 10.7. The molecule has 1 amide bonds. The zero-order valence-corrected chi connectivity index (χ0v) is 12.2. The molecule has 0 radical (unpaired) electrons. The predicted octanol–water partition coefficient (Wildman–Crippen LogP) is 1.62. The summed E-state index contributed by atoms with van der Waals surface area (Å²) in [7, 11) is 0. The Labute approximate surface area is 127 Å². The summed E-state index contributed by atoms with van der Waals surface area (Å²) in [5.74, 6) is 1.20. The van der Waals surface area contributed by atoms with Gasteiger partial charge < -0.3 is 19.9 Å². The molecule has 3 heterocycles. The molecule has 2 aromatic heterocycles. The smallest absolute Gasteiger partial charge is 0.277 e. The Hall–Kier alpha value is -2.48. The lowest BCUT2D eigenvalue weighted by atomic mass is 10.2. The number of anilines is 2. The fraction of sp³-hybridized carbons (Fsp3) is 0.429. The fourth-order valence-electron chi connectivity index (χ4n) is 2.17. The van der Waals surface area contributed by atoms with E-state index in [1.807, 2.05) is 0 Å². The molecule has 1 aliphatic rings. The summed E-state index contributed by atoms with van der Waals surface area (Å²) >= 11 is 0. The molecule has 0 saturated carbocycles. The van der Waals surface area contributed by atoms with E-state index in [1.54, 1.807) is 13.0 Å². The van der Waals surface area contributed by atoms with Crippen LogP contribution in [0.4, 0.5) is 11.6 Å². The number of rotatable bonds is 5. The molecule has 1 aliphatic heterocycles. The third kappa shape index (κ3) is 3.59. The maximum absolute atomic E-state index is 12.0. The lowest BCUT2D eigenvalue weighted by Gasteiger charge is -2.10. The number of ether oxygens (including phenoxy) is 1. The number of carbonyl (C=O) groups is 1. The summed E-state index contributed by atoms with van der Waals surface area (Å²) in [6.45, 7) is 3.26. The summed E-state index contributed by atoms with van der Waals surface area (Å²) in [4.78, 5) is 20.2. The van der Waals surface area contributed by atoms with E-state index in [0.29, 0.717) is 23.9 Å². The van der Waals surface area contributed by atoms with Gasteiger partial charge in [0.1, 0.15) is 17.3 Å². The number of carbonyl (C=O) groups excluding carboxylic acids is 1. The highest BCUT2D eigenvalue weighted by Gasteiger charge is 2.15. The van der Waals surface area contributed by atoms with E-state index < -0.39 is 0 Å². The second kappa shape index (κ2) is 6.52. The highest BCUT2D eigenvalue weighted by Crippen LogP contribution is 2.13. The van der Waals surface area contributed by atoms with Gasteiger partial charge in [0, 0.05) is 19.2 Å². The SMILES string of the molecule is Cc1cc(NC(=O)c2cnc(NCC3CCCO3)cn2)no1. The van der Waals surface area contributed by atoms with Gasteiger partial charge in [-0.15, -0.1) is 0 Å². The Morgan fingerprint density at radius 2 is 2.27 bits per heavy atom. The average Bonchev–Trinajstić information content (AvgIpc) is 3.17. The topological polar surface area (TPSA) is 102 Å². The zero-order valence-electron chi connectivity index (χ0n) is 12.2. The van der Waals surface area contributed by atoms with Crippen LogP contribution in [-0.4, -0.2) is 40.3 Å². The molecule has 1 saturated heterocycles. The fourth-order valence-corrected chi connectivity index (χ4v) is 2.17. The van der Waals surface area contributed by atoms with Crippen molar-refractivity contribution < 1.29 is 14.1 Å². The molecule has 0 aromatic carbocycles. The van der Waals surface area contributed by atoms with Crippen LogP contribution in [0.3, 0.4) is 0 Å². The first-order valence-corrected chi connectivity index (χ1v) is 7.13. The van der Waals surface area contributed by atoms with Crippen molar-refractivity contribution >= 4 is 17.5 Å². The second-order valence-corrected chi connectivity index (χ2v) is 5.08. The van der Waals surface area contributed by atoms with Gasteiger partial charge in [-0.1, -0.05) is 5.16 Å². The van der Waals surface area contributed by atoms with Gasteiger partial charge in [-0.2, -0.15) is 0 Å². The number of amides is 1. The minimum atomic E-state index is -0.383. The van der Waals surface area contributed by atoms with Crippen molar-refractivity contribution in [2.24, 2.45) is 0 Å². The van der Waals surface area contributed by atoms with E-state index in [0.717, 1.165) is 19.4 Å². The van der Waals surface area contributed by atoms with Gasteiger partial charge in [-0.05, 0) is 19.8 Å². The molecule has 116 valence electrons. The Morgan fingerprint density at radius 1 is 1.36 bits per heavy atom. The third-order valence-electron chi connectivity index (χ3n) is 3.29. The van der Waals surface area contributed by atoms with Crippen molar-refractivity contribution in [2.45, 2.75) is 25.9 Å². The second-order valence-electron chi connectivity index (χ2n) is 5.08. The predicted molar refractivity (Wildman–Crippen MR) is 78.7 cm³/mol. The Bertz CT molecular complexity index is 634. The average molecular weight is 303 g/mol. The minimum Gasteiger partial charge on any atom is -0.376 e. The third-order valence-corrected chi connectivity index (χ3v) is 3.29. The van der Waals surface area contributed by atoms with Gasteiger partial charge in [0.2, 0.25) is 0 Å². The van der Waals surface area contributed by atoms with E-state index >= 15 is 0 Å². The van der Waals surface area contributed by atoms with Crippen LogP contribution < -0.4 is 10.6 Å². The number of hydrogen-bond acceptors (Lipinski definition) is 7. The first kappa shape index (κ1) is 14.5. The molecule has 3 rings (SSSR count). The van der Waals surface area contributed by atoms with Crippen LogP contribution >= 0.6 is 0 Å². The van der Waals surface area contributed by atoms with E-state index in [1.165, 1.54) is 12.4 Å². The molecule has 1 atom stereocenters. The highest BCUT2D eigenvalue weighted by molar-refractivity contribution is 6.02. The van der Waals surface area contributed by atoms with Crippen LogP contribution in [0.15, 0.2) is 23.0 Å². The van der Waals surface area contributed by atoms with Crippen LogP contribution in [-0.2, 0) is 4.74 Å². The summed E-state index contributed by atoms with van der Waals surface area (Å²) in [5, 5.41) is 9.43. The molecule has 0 spiro atoms. The van der Waals surface area contributed by atoms with Crippen molar-refractivity contribution in [3.63, 3.8) is 0 Å². The summed E-state index contributed by atoms with van der Waals surface area (Å²) in [6.07, 6.45) is 5.31. The van der Waals surface area contributed by atoms with E-state index in [-0.39, 0.29) is 17.7 Å².